The summed E-state index contributed by atoms with van der Waals surface area (Å²) >= 11 is 0. The van der Waals surface area contributed by atoms with Crippen LogP contribution in [0, 0.1) is 0 Å². The number of aromatic nitrogens is 2. The number of fused-ring (bicyclic) bond motifs is 4. The second-order valence-corrected chi connectivity index (χ2v) is 8.84. The lowest BCUT2D eigenvalue weighted by atomic mass is 10.2. The molecule has 0 aromatic carbocycles. The zero-order valence-electron chi connectivity index (χ0n) is 19.3. The van der Waals surface area contributed by atoms with Crippen molar-refractivity contribution in [3.05, 3.63) is 36.0 Å². The van der Waals surface area contributed by atoms with Gasteiger partial charge >= 0.3 is 12.0 Å². The molecule has 34 heavy (non-hydrogen) atoms. The summed E-state index contributed by atoms with van der Waals surface area (Å²) in [6.07, 6.45) is 0.605. The van der Waals surface area contributed by atoms with Crippen LogP contribution in [0.1, 0.15) is 30.8 Å². The van der Waals surface area contributed by atoms with Crippen LogP contribution in [-0.4, -0.2) is 73.3 Å². The van der Waals surface area contributed by atoms with E-state index >= 15 is 0 Å². The molecule has 0 saturated carbocycles. The van der Waals surface area contributed by atoms with Crippen molar-refractivity contribution in [2.45, 2.75) is 38.2 Å². The van der Waals surface area contributed by atoms with Gasteiger partial charge in [0.15, 0.2) is 17.3 Å². The third-order valence-corrected chi connectivity index (χ3v) is 6.01. The Balaban J connectivity index is 1.31. The van der Waals surface area contributed by atoms with Crippen molar-refractivity contribution in [2.75, 3.05) is 48.5 Å². The molecule has 11 nitrogen and oxygen atoms in total. The molecular weight excluding hydrogens is 442 g/mol. The number of hydrogen-bond acceptors (Lipinski definition) is 9. The lowest BCUT2D eigenvalue weighted by Gasteiger charge is -2.35. The average Bonchev–Trinajstić information content (AvgIpc) is 3.40. The van der Waals surface area contributed by atoms with Gasteiger partial charge in [-0.15, -0.1) is 0 Å². The molecule has 5 rings (SSSR count). The van der Waals surface area contributed by atoms with Crippen molar-refractivity contribution in [3.63, 3.8) is 0 Å². The van der Waals surface area contributed by atoms with Crippen molar-refractivity contribution >= 4 is 29.3 Å². The van der Waals surface area contributed by atoms with E-state index in [1.807, 2.05) is 13.8 Å². The molecule has 11 heteroatoms. The van der Waals surface area contributed by atoms with E-state index in [2.05, 4.69) is 20.2 Å². The molecule has 0 spiro atoms. The second-order valence-electron chi connectivity index (χ2n) is 8.84. The first kappa shape index (κ1) is 22.4. The highest BCUT2D eigenvalue weighted by Gasteiger charge is 2.40. The molecule has 2 bridgehead atoms. The number of esters is 1. The molecular formula is C23H27N5O6. The Hall–Kier alpha value is -3.44. The molecule has 0 aliphatic carbocycles. The van der Waals surface area contributed by atoms with Crippen LogP contribution in [0.4, 0.5) is 22.1 Å². The number of hydrogen-bond donors (Lipinski definition) is 1. The zero-order valence-corrected chi connectivity index (χ0v) is 19.3. The van der Waals surface area contributed by atoms with E-state index in [9.17, 15) is 9.59 Å². The maximum atomic E-state index is 13.3. The van der Waals surface area contributed by atoms with Crippen LogP contribution in [-0.2, 0) is 14.2 Å². The number of pyridine rings is 2. The van der Waals surface area contributed by atoms with Crippen LogP contribution < -0.4 is 19.9 Å². The van der Waals surface area contributed by atoms with Crippen molar-refractivity contribution in [1.82, 2.24) is 9.97 Å². The number of rotatable bonds is 5. The summed E-state index contributed by atoms with van der Waals surface area (Å²) in [6, 6.07) is 8.14. The Morgan fingerprint density at radius 1 is 1.24 bits per heavy atom. The standard InChI is InChI=1S/C23H27N5O6/c1-23(2)33-13-15(34-23)12-32-19-6-4-5-18(25-19)26-22(30)28-14-9-10-27(11-14)17-8-7-16(21(29)31-3)24-20(17)28/h4-8,14-15H,9-13H2,1-3H3,(H,25,26,30)/t14?,15-/m0/s1. The molecule has 3 aliphatic heterocycles. The monoisotopic (exact) mass is 469 g/mol. The van der Waals surface area contributed by atoms with Gasteiger partial charge < -0.3 is 23.8 Å². The Labute approximate surface area is 197 Å². The van der Waals surface area contributed by atoms with Crippen LogP contribution >= 0.6 is 0 Å². The van der Waals surface area contributed by atoms with Gasteiger partial charge in [0, 0.05) is 19.2 Å². The maximum Gasteiger partial charge on any atom is 0.356 e. The summed E-state index contributed by atoms with van der Waals surface area (Å²) in [7, 11) is 1.30. The lowest BCUT2D eigenvalue weighted by molar-refractivity contribution is -0.141. The quantitative estimate of drug-likeness (QED) is 0.659. The summed E-state index contributed by atoms with van der Waals surface area (Å²) in [5.41, 5.74) is 0.958. The van der Waals surface area contributed by atoms with Crippen LogP contribution in [0.15, 0.2) is 30.3 Å². The van der Waals surface area contributed by atoms with Gasteiger partial charge in [-0.25, -0.2) is 14.6 Å². The molecule has 1 unspecified atom stereocenters. The number of carbonyl (C=O) groups excluding carboxylic acids is 2. The summed E-state index contributed by atoms with van der Waals surface area (Å²) in [6.45, 7) is 5.95. The van der Waals surface area contributed by atoms with Gasteiger partial charge in [-0.05, 0) is 38.5 Å². The summed E-state index contributed by atoms with van der Waals surface area (Å²) in [5, 5.41) is 2.84. The van der Waals surface area contributed by atoms with Crippen molar-refractivity contribution in [2.24, 2.45) is 0 Å². The Bertz CT molecular complexity index is 1110. The second kappa shape index (κ2) is 8.73. The molecule has 5 heterocycles. The summed E-state index contributed by atoms with van der Waals surface area (Å²) in [4.78, 5) is 38.0. The SMILES string of the molecule is COC(=O)c1ccc2c(n1)N(C(=O)Nc1cccc(OC[C@H]3COC(C)(C)O3)n1)C1CCN2C1. The Morgan fingerprint density at radius 3 is 2.85 bits per heavy atom. The highest BCUT2D eigenvalue weighted by molar-refractivity contribution is 6.04. The minimum atomic E-state index is -0.625. The molecule has 0 radical (unpaired) electrons. The fourth-order valence-corrected chi connectivity index (χ4v) is 4.45. The lowest BCUT2D eigenvalue weighted by Crippen LogP contribution is -2.48. The predicted molar refractivity (Wildman–Crippen MR) is 122 cm³/mol. The molecule has 1 N–H and O–H groups in total. The van der Waals surface area contributed by atoms with Crippen LogP contribution in [0.3, 0.4) is 0 Å². The van der Waals surface area contributed by atoms with Gasteiger partial charge in [-0.2, -0.15) is 4.98 Å². The van der Waals surface area contributed by atoms with Crippen LogP contribution in [0.2, 0.25) is 0 Å². The minimum Gasteiger partial charge on any atom is -0.475 e. The number of methoxy groups -OCH3 is 1. The third kappa shape index (κ3) is 4.36. The first-order chi connectivity index (χ1) is 16.3. The Kier molecular flexibility index (Phi) is 5.74. The number of ether oxygens (including phenoxy) is 4. The fourth-order valence-electron chi connectivity index (χ4n) is 4.45. The number of nitrogens with one attached hydrogen (secondary N) is 1. The number of carbonyl (C=O) groups is 2. The topological polar surface area (TPSA) is 115 Å². The first-order valence-electron chi connectivity index (χ1n) is 11.2. The van der Waals surface area contributed by atoms with E-state index in [0.717, 1.165) is 18.7 Å². The third-order valence-electron chi connectivity index (χ3n) is 6.01. The molecule has 2 fully saturated rings. The van der Waals surface area contributed by atoms with Crippen molar-refractivity contribution in [1.29, 1.82) is 0 Å². The van der Waals surface area contributed by atoms with Crippen molar-refractivity contribution in [3.8, 4) is 5.88 Å². The average molecular weight is 469 g/mol. The number of anilines is 3. The van der Waals surface area contributed by atoms with E-state index < -0.39 is 11.8 Å². The molecule has 2 saturated heterocycles. The molecule has 2 amide bonds. The minimum absolute atomic E-state index is 0.0600. The first-order valence-corrected chi connectivity index (χ1v) is 11.2. The van der Waals surface area contributed by atoms with Gasteiger partial charge in [0.25, 0.3) is 0 Å². The van der Waals surface area contributed by atoms with Crippen LogP contribution in [0.25, 0.3) is 0 Å². The van der Waals surface area contributed by atoms with Gasteiger partial charge in [-0.3, -0.25) is 10.2 Å². The largest absolute Gasteiger partial charge is 0.475 e. The molecule has 2 aromatic heterocycles. The smallest absolute Gasteiger partial charge is 0.356 e. The highest BCUT2D eigenvalue weighted by atomic mass is 16.7. The van der Waals surface area contributed by atoms with E-state index in [0.29, 0.717) is 30.7 Å². The van der Waals surface area contributed by atoms with Crippen LogP contribution in [0.5, 0.6) is 5.88 Å². The van der Waals surface area contributed by atoms with E-state index in [1.54, 1.807) is 35.2 Å². The molecule has 180 valence electrons. The van der Waals surface area contributed by atoms with Gasteiger partial charge in [0.2, 0.25) is 5.88 Å². The summed E-state index contributed by atoms with van der Waals surface area (Å²) < 4.78 is 21.8. The van der Waals surface area contributed by atoms with Gasteiger partial charge in [-0.1, -0.05) is 6.07 Å². The van der Waals surface area contributed by atoms with Crippen molar-refractivity contribution < 1.29 is 28.5 Å². The van der Waals surface area contributed by atoms with E-state index in [4.69, 9.17) is 18.9 Å². The number of nitrogens with zero attached hydrogens (tertiary/aromatic N) is 4. The maximum absolute atomic E-state index is 13.3. The molecule has 3 aliphatic rings. The number of amides is 2. The van der Waals surface area contributed by atoms with Gasteiger partial charge in [0.05, 0.1) is 25.4 Å². The Morgan fingerprint density at radius 2 is 2.09 bits per heavy atom. The highest BCUT2D eigenvalue weighted by Crippen LogP contribution is 2.39. The number of urea groups is 1. The van der Waals surface area contributed by atoms with Gasteiger partial charge in [0.1, 0.15) is 18.5 Å². The molecule has 2 aromatic rings. The normalized spacial score (nSPS) is 22.3. The predicted octanol–water partition coefficient (Wildman–Crippen LogP) is 2.42. The van der Waals surface area contributed by atoms with E-state index in [-0.39, 0.29) is 30.5 Å². The molecule has 2 atom stereocenters. The zero-order chi connectivity index (χ0) is 23.9. The summed E-state index contributed by atoms with van der Waals surface area (Å²) in [5.74, 6) is -0.0365. The fraction of sp³-hybridized carbons (Fsp3) is 0.478. The van der Waals surface area contributed by atoms with E-state index in [1.165, 1.54) is 7.11 Å².